The SMILES string of the molecule is O=C(O)C1CN(Cc2ccccc2)c2cc([N+](=O)[O-])ccc2O1. The third-order valence-electron chi connectivity index (χ3n) is 3.64. The Labute approximate surface area is 131 Å². The van der Waals surface area contributed by atoms with Crippen molar-refractivity contribution in [2.75, 3.05) is 11.4 Å². The summed E-state index contributed by atoms with van der Waals surface area (Å²) in [6.45, 7) is 0.570. The molecule has 2 aromatic rings. The van der Waals surface area contributed by atoms with Gasteiger partial charge in [-0.1, -0.05) is 30.3 Å². The molecule has 0 fully saturated rings. The van der Waals surface area contributed by atoms with Gasteiger partial charge in [0.25, 0.3) is 5.69 Å². The van der Waals surface area contributed by atoms with Gasteiger partial charge in [0.1, 0.15) is 5.75 Å². The fourth-order valence-electron chi connectivity index (χ4n) is 2.54. The maximum absolute atomic E-state index is 11.3. The Kier molecular flexibility index (Phi) is 3.84. The summed E-state index contributed by atoms with van der Waals surface area (Å²) < 4.78 is 5.43. The summed E-state index contributed by atoms with van der Waals surface area (Å²) in [4.78, 5) is 23.6. The molecule has 0 bridgehead atoms. The zero-order chi connectivity index (χ0) is 16.4. The van der Waals surface area contributed by atoms with Crippen molar-refractivity contribution in [1.29, 1.82) is 0 Å². The lowest BCUT2D eigenvalue weighted by Crippen LogP contribution is -2.44. The molecule has 1 aliphatic rings. The van der Waals surface area contributed by atoms with Crippen molar-refractivity contribution < 1.29 is 19.6 Å². The van der Waals surface area contributed by atoms with Crippen LogP contribution >= 0.6 is 0 Å². The number of carboxylic acid groups (broad SMARTS) is 1. The lowest BCUT2D eigenvalue weighted by Gasteiger charge is -2.34. The first-order valence-electron chi connectivity index (χ1n) is 7.01. The van der Waals surface area contributed by atoms with Gasteiger partial charge in [0, 0.05) is 18.7 Å². The third-order valence-corrected chi connectivity index (χ3v) is 3.64. The van der Waals surface area contributed by atoms with Crippen molar-refractivity contribution in [2.45, 2.75) is 12.6 Å². The first-order chi connectivity index (χ1) is 11.0. The maximum atomic E-state index is 11.3. The second-order valence-electron chi connectivity index (χ2n) is 5.22. The average Bonchev–Trinajstić information content (AvgIpc) is 2.55. The average molecular weight is 314 g/mol. The predicted molar refractivity (Wildman–Crippen MR) is 82.6 cm³/mol. The molecule has 0 saturated heterocycles. The zero-order valence-corrected chi connectivity index (χ0v) is 12.1. The first kappa shape index (κ1) is 14.8. The van der Waals surface area contributed by atoms with Gasteiger partial charge in [0.2, 0.25) is 6.10 Å². The van der Waals surface area contributed by atoms with Crippen molar-refractivity contribution in [3.63, 3.8) is 0 Å². The number of fused-ring (bicyclic) bond motifs is 1. The number of ether oxygens (including phenoxy) is 1. The molecule has 2 aromatic carbocycles. The number of carboxylic acids is 1. The molecule has 1 heterocycles. The van der Waals surface area contributed by atoms with Crippen LogP contribution in [0.15, 0.2) is 48.5 Å². The van der Waals surface area contributed by atoms with Gasteiger partial charge in [-0.25, -0.2) is 4.79 Å². The van der Waals surface area contributed by atoms with E-state index in [1.54, 1.807) is 4.90 Å². The zero-order valence-electron chi connectivity index (χ0n) is 12.1. The van der Waals surface area contributed by atoms with Crippen LogP contribution in [0.3, 0.4) is 0 Å². The monoisotopic (exact) mass is 314 g/mol. The highest BCUT2D eigenvalue weighted by Crippen LogP contribution is 2.37. The van der Waals surface area contributed by atoms with Gasteiger partial charge >= 0.3 is 5.97 Å². The number of nitro groups is 1. The highest BCUT2D eigenvalue weighted by molar-refractivity contribution is 5.77. The van der Waals surface area contributed by atoms with Gasteiger partial charge in [0.15, 0.2) is 0 Å². The number of nitro benzene ring substituents is 1. The quantitative estimate of drug-likeness (QED) is 0.688. The molecule has 3 rings (SSSR count). The van der Waals surface area contributed by atoms with Crippen molar-refractivity contribution in [3.05, 3.63) is 64.2 Å². The van der Waals surface area contributed by atoms with E-state index in [0.717, 1.165) is 5.56 Å². The predicted octanol–water partition coefficient (Wildman–Crippen LogP) is 2.45. The highest BCUT2D eigenvalue weighted by atomic mass is 16.6. The molecule has 7 nitrogen and oxygen atoms in total. The molecular formula is C16H14N2O5. The molecule has 0 aliphatic carbocycles. The number of rotatable bonds is 4. The van der Waals surface area contributed by atoms with Crippen molar-refractivity contribution in [2.24, 2.45) is 0 Å². The van der Waals surface area contributed by atoms with E-state index in [-0.39, 0.29) is 12.2 Å². The largest absolute Gasteiger partial charge is 0.478 e. The summed E-state index contributed by atoms with van der Waals surface area (Å²) in [6.07, 6.45) is -1.01. The summed E-state index contributed by atoms with van der Waals surface area (Å²) in [5, 5.41) is 20.2. The van der Waals surface area contributed by atoms with Crippen molar-refractivity contribution in [1.82, 2.24) is 0 Å². The van der Waals surface area contributed by atoms with Crippen LogP contribution in [0.2, 0.25) is 0 Å². The summed E-state index contributed by atoms with van der Waals surface area (Å²) in [7, 11) is 0. The van der Waals surface area contributed by atoms with Crippen LogP contribution in [-0.4, -0.2) is 28.6 Å². The summed E-state index contributed by atoms with van der Waals surface area (Å²) in [5.74, 6) is -0.725. The normalized spacial score (nSPS) is 16.3. The molecule has 118 valence electrons. The molecule has 1 aliphatic heterocycles. The van der Waals surface area contributed by atoms with E-state index >= 15 is 0 Å². The summed E-state index contributed by atoms with van der Waals surface area (Å²) >= 11 is 0. The summed E-state index contributed by atoms with van der Waals surface area (Å²) in [6, 6.07) is 13.7. The van der Waals surface area contributed by atoms with Crippen LogP contribution in [0.4, 0.5) is 11.4 Å². The molecule has 0 amide bonds. The minimum atomic E-state index is -1.06. The van der Waals surface area contributed by atoms with E-state index in [4.69, 9.17) is 4.74 Å². The molecule has 1 atom stereocenters. The van der Waals surface area contributed by atoms with Gasteiger partial charge in [-0.3, -0.25) is 10.1 Å². The second kappa shape index (κ2) is 5.96. The summed E-state index contributed by atoms with van der Waals surface area (Å²) in [5.41, 5.74) is 1.45. The molecule has 0 radical (unpaired) electrons. The number of aliphatic carboxylic acids is 1. The number of non-ortho nitro benzene ring substituents is 1. The lowest BCUT2D eigenvalue weighted by atomic mass is 10.1. The smallest absolute Gasteiger partial charge is 0.346 e. The second-order valence-corrected chi connectivity index (χ2v) is 5.22. The molecule has 23 heavy (non-hydrogen) atoms. The number of nitrogens with zero attached hydrogens (tertiary/aromatic N) is 2. The van der Waals surface area contributed by atoms with E-state index in [2.05, 4.69) is 0 Å². The number of carbonyl (C=O) groups is 1. The lowest BCUT2D eigenvalue weighted by molar-refractivity contribution is -0.384. The fourth-order valence-corrected chi connectivity index (χ4v) is 2.54. The number of anilines is 1. The highest BCUT2D eigenvalue weighted by Gasteiger charge is 2.31. The Bertz CT molecular complexity index is 747. The number of hydrogen-bond donors (Lipinski definition) is 1. The van der Waals surface area contributed by atoms with Crippen LogP contribution in [0.5, 0.6) is 5.75 Å². The Morgan fingerprint density at radius 3 is 2.70 bits per heavy atom. The topological polar surface area (TPSA) is 92.9 Å². The Morgan fingerprint density at radius 2 is 2.04 bits per heavy atom. The van der Waals surface area contributed by atoms with Crippen LogP contribution < -0.4 is 9.64 Å². The minimum absolute atomic E-state index is 0.0563. The Hall–Kier alpha value is -3.09. The molecule has 0 aromatic heterocycles. The molecule has 0 spiro atoms. The van der Waals surface area contributed by atoms with Crippen LogP contribution in [0.1, 0.15) is 5.56 Å². The van der Waals surface area contributed by atoms with E-state index < -0.39 is 17.0 Å². The minimum Gasteiger partial charge on any atom is -0.478 e. The van der Waals surface area contributed by atoms with Gasteiger partial charge < -0.3 is 14.7 Å². The first-order valence-corrected chi connectivity index (χ1v) is 7.01. The maximum Gasteiger partial charge on any atom is 0.346 e. The van der Waals surface area contributed by atoms with Crippen LogP contribution in [0, 0.1) is 10.1 Å². The molecular weight excluding hydrogens is 300 g/mol. The van der Waals surface area contributed by atoms with Gasteiger partial charge in [-0.05, 0) is 11.6 Å². The number of hydrogen-bond acceptors (Lipinski definition) is 5. The third kappa shape index (κ3) is 3.08. The molecule has 0 saturated carbocycles. The van der Waals surface area contributed by atoms with Crippen LogP contribution in [0.25, 0.3) is 0 Å². The van der Waals surface area contributed by atoms with Crippen molar-refractivity contribution >= 4 is 17.3 Å². The standard InChI is InChI=1S/C16H14N2O5/c19-16(20)15-10-17(9-11-4-2-1-3-5-11)13-8-12(18(21)22)6-7-14(13)23-15/h1-8,15H,9-10H2,(H,19,20). The Morgan fingerprint density at radius 1 is 1.30 bits per heavy atom. The van der Waals surface area contributed by atoms with E-state index in [0.29, 0.717) is 18.0 Å². The fraction of sp³-hybridized carbons (Fsp3) is 0.188. The number of benzene rings is 2. The van der Waals surface area contributed by atoms with E-state index in [1.165, 1.54) is 18.2 Å². The van der Waals surface area contributed by atoms with Gasteiger partial charge in [-0.15, -0.1) is 0 Å². The van der Waals surface area contributed by atoms with Gasteiger partial charge in [-0.2, -0.15) is 0 Å². The van der Waals surface area contributed by atoms with Crippen molar-refractivity contribution in [3.8, 4) is 5.75 Å². The molecule has 1 unspecified atom stereocenters. The molecule has 1 N–H and O–H groups in total. The Balaban J connectivity index is 1.98. The van der Waals surface area contributed by atoms with E-state index in [9.17, 15) is 20.0 Å². The molecule has 7 heteroatoms. The van der Waals surface area contributed by atoms with Gasteiger partial charge in [0.05, 0.1) is 17.2 Å². The van der Waals surface area contributed by atoms with E-state index in [1.807, 2.05) is 30.3 Å². The van der Waals surface area contributed by atoms with Crippen LogP contribution in [-0.2, 0) is 11.3 Å².